The van der Waals surface area contributed by atoms with Gasteiger partial charge in [-0.15, -0.1) is 0 Å². The lowest BCUT2D eigenvalue weighted by molar-refractivity contribution is -0.145. The minimum atomic E-state index is -0.779. The lowest BCUT2D eigenvalue weighted by Gasteiger charge is -2.34. The summed E-state index contributed by atoms with van der Waals surface area (Å²) in [5, 5.41) is 0. The van der Waals surface area contributed by atoms with Crippen LogP contribution in [0.1, 0.15) is 38.2 Å². The lowest BCUT2D eigenvalue weighted by atomic mass is 9.85. The molecule has 2 atom stereocenters. The average Bonchev–Trinajstić information content (AvgIpc) is 2.79. The summed E-state index contributed by atoms with van der Waals surface area (Å²) in [6.45, 7) is 2.38. The molecule has 1 heterocycles. The predicted octanol–water partition coefficient (Wildman–Crippen LogP) is 2.58. The van der Waals surface area contributed by atoms with Crippen molar-refractivity contribution in [1.29, 1.82) is 0 Å². The maximum absolute atomic E-state index is 13.3. The van der Waals surface area contributed by atoms with E-state index in [1.165, 1.54) is 12.1 Å². The highest BCUT2D eigenvalue weighted by molar-refractivity contribution is 6.44. The molecule has 0 N–H and O–H groups in total. The molecule has 1 saturated heterocycles. The van der Waals surface area contributed by atoms with Crippen molar-refractivity contribution in [3.05, 3.63) is 35.6 Å². The molecule has 140 valence electrons. The standard InChI is InChI=1S/C19H24FN3O3/c1-13-6-3-4-9-16(13)23-18(25)17(24)22(19(23)26)12-21(2)11-14-7-5-8-15(20)10-14/h5,7-8,10,13,16H,3-4,6,9,11-12H2,1-2H3/t13-,16+/m0/s1. The molecule has 1 saturated carbocycles. The molecule has 26 heavy (non-hydrogen) atoms. The van der Waals surface area contributed by atoms with Crippen molar-refractivity contribution in [2.75, 3.05) is 13.7 Å². The summed E-state index contributed by atoms with van der Waals surface area (Å²) >= 11 is 0. The van der Waals surface area contributed by atoms with Gasteiger partial charge in [-0.05, 0) is 43.5 Å². The van der Waals surface area contributed by atoms with Crippen LogP contribution >= 0.6 is 0 Å². The molecular formula is C19H24FN3O3. The van der Waals surface area contributed by atoms with Crippen LogP contribution in [0.4, 0.5) is 9.18 Å². The third-order valence-corrected chi connectivity index (χ3v) is 5.21. The van der Waals surface area contributed by atoms with Crippen LogP contribution in [0.15, 0.2) is 24.3 Å². The van der Waals surface area contributed by atoms with E-state index in [2.05, 4.69) is 0 Å². The highest BCUT2D eigenvalue weighted by Crippen LogP contribution is 2.31. The van der Waals surface area contributed by atoms with Gasteiger partial charge in [0, 0.05) is 12.6 Å². The monoisotopic (exact) mass is 361 g/mol. The first-order valence-corrected chi connectivity index (χ1v) is 9.00. The van der Waals surface area contributed by atoms with E-state index in [4.69, 9.17) is 0 Å². The van der Waals surface area contributed by atoms with Crippen LogP contribution in [-0.2, 0) is 16.1 Å². The van der Waals surface area contributed by atoms with Gasteiger partial charge in [0.05, 0.1) is 6.67 Å². The number of carbonyl (C=O) groups excluding carboxylic acids is 3. The van der Waals surface area contributed by atoms with Gasteiger partial charge in [-0.1, -0.05) is 31.9 Å². The van der Waals surface area contributed by atoms with Gasteiger partial charge >= 0.3 is 17.8 Å². The van der Waals surface area contributed by atoms with E-state index in [-0.39, 0.29) is 24.4 Å². The van der Waals surface area contributed by atoms with Crippen LogP contribution in [0, 0.1) is 11.7 Å². The second-order valence-corrected chi connectivity index (χ2v) is 7.31. The Bertz CT molecular complexity index is 724. The van der Waals surface area contributed by atoms with E-state index >= 15 is 0 Å². The zero-order valence-corrected chi connectivity index (χ0v) is 15.2. The van der Waals surface area contributed by atoms with Crippen LogP contribution in [0.2, 0.25) is 0 Å². The largest absolute Gasteiger partial charge is 0.335 e. The van der Waals surface area contributed by atoms with E-state index in [1.54, 1.807) is 24.1 Å². The molecule has 1 aromatic rings. The van der Waals surface area contributed by atoms with Gasteiger partial charge in [-0.25, -0.2) is 14.1 Å². The molecule has 2 fully saturated rings. The SMILES string of the molecule is C[C@H]1CCCC[C@H]1N1C(=O)C(=O)N(CN(C)Cc2cccc(F)c2)C1=O. The number of hydrogen-bond acceptors (Lipinski definition) is 4. The molecule has 3 rings (SSSR count). The van der Waals surface area contributed by atoms with Gasteiger partial charge in [0.15, 0.2) is 0 Å². The Morgan fingerprint density at radius 2 is 1.88 bits per heavy atom. The first-order chi connectivity index (χ1) is 12.4. The van der Waals surface area contributed by atoms with E-state index < -0.39 is 17.8 Å². The van der Waals surface area contributed by atoms with Crippen molar-refractivity contribution in [2.24, 2.45) is 5.92 Å². The molecule has 1 aromatic carbocycles. The number of urea groups is 1. The molecule has 7 heteroatoms. The van der Waals surface area contributed by atoms with Gasteiger partial charge < -0.3 is 0 Å². The molecule has 0 unspecified atom stereocenters. The molecule has 2 aliphatic rings. The van der Waals surface area contributed by atoms with Crippen molar-refractivity contribution < 1.29 is 18.8 Å². The van der Waals surface area contributed by atoms with Crippen molar-refractivity contribution in [1.82, 2.24) is 14.7 Å². The van der Waals surface area contributed by atoms with Crippen LogP contribution < -0.4 is 0 Å². The molecular weight excluding hydrogens is 337 g/mol. The third-order valence-electron chi connectivity index (χ3n) is 5.21. The van der Waals surface area contributed by atoms with Gasteiger partial charge in [0.1, 0.15) is 5.82 Å². The number of nitrogens with zero attached hydrogens (tertiary/aromatic N) is 3. The molecule has 0 radical (unpaired) electrons. The fourth-order valence-electron chi connectivity index (χ4n) is 3.86. The fraction of sp³-hybridized carbons (Fsp3) is 0.526. The summed E-state index contributed by atoms with van der Waals surface area (Å²) in [4.78, 5) is 41.3. The van der Waals surface area contributed by atoms with Crippen molar-refractivity contribution in [2.45, 2.75) is 45.2 Å². The normalized spacial score (nSPS) is 24.1. The highest BCUT2D eigenvalue weighted by Gasteiger charge is 2.49. The van der Waals surface area contributed by atoms with Crippen LogP contribution in [0.3, 0.4) is 0 Å². The molecule has 0 bridgehead atoms. The smallest absolute Gasteiger partial charge is 0.284 e. The van der Waals surface area contributed by atoms with Crippen LogP contribution in [0.5, 0.6) is 0 Å². The maximum atomic E-state index is 13.3. The number of hydrogen-bond donors (Lipinski definition) is 0. The van der Waals surface area contributed by atoms with Crippen LogP contribution in [-0.4, -0.2) is 52.3 Å². The highest BCUT2D eigenvalue weighted by atomic mass is 19.1. The van der Waals surface area contributed by atoms with Gasteiger partial charge in [0.2, 0.25) is 0 Å². The molecule has 1 aliphatic heterocycles. The fourth-order valence-corrected chi connectivity index (χ4v) is 3.86. The summed E-state index contributed by atoms with van der Waals surface area (Å²) in [5.41, 5.74) is 0.732. The summed E-state index contributed by atoms with van der Waals surface area (Å²) in [6.07, 6.45) is 3.75. The number of imide groups is 2. The summed E-state index contributed by atoms with van der Waals surface area (Å²) in [5.74, 6) is -1.64. The average molecular weight is 361 g/mol. The molecule has 0 aromatic heterocycles. The molecule has 0 spiro atoms. The van der Waals surface area contributed by atoms with Crippen LogP contribution in [0.25, 0.3) is 0 Å². The van der Waals surface area contributed by atoms with E-state index in [0.717, 1.165) is 41.0 Å². The minimum Gasteiger partial charge on any atom is -0.284 e. The third kappa shape index (κ3) is 3.62. The first kappa shape index (κ1) is 18.5. The summed E-state index contributed by atoms with van der Waals surface area (Å²) in [6, 6.07) is 5.41. The van der Waals surface area contributed by atoms with E-state index in [0.29, 0.717) is 6.54 Å². The lowest BCUT2D eigenvalue weighted by Crippen LogP contribution is -2.46. The zero-order valence-electron chi connectivity index (χ0n) is 15.2. The van der Waals surface area contributed by atoms with Gasteiger partial charge in [0.25, 0.3) is 0 Å². The Morgan fingerprint density at radius 3 is 2.58 bits per heavy atom. The first-order valence-electron chi connectivity index (χ1n) is 9.00. The molecule has 4 amide bonds. The van der Waals surface area contributed by atoms with Crippen molar-refractivity contribution in [3.8, 4) is 0 Å². The predicted molar refractivity (Wildman–Crippen MR) is 93.2 cm³/mol. The number of halogens is 1. The van der Waals surface area contributed by atoms with Gasteiger partial charge in [-0.3, -0.25) is 19.4 Å². The second-order valence-electron chi connectivity index (χ2n) is 7.31. The second kappa shape index (κ2) is 7.53. The number of benzene rings is 1. The van der Waals surface area contributed by atoms with Crippen molar-refractivity contribution in [3.63, 3.8) is 0 Å². The zero-order chi connectivity index (χ0) is 18.8. The summed E-state index contributed by atoms with van der Waals surface area (Å²) < 4.78 is 13.3. The molecule has 1 aliphatic carbocycles. The minimum absolute atomic E-state index is 0.00246. The Morgan fingerprint density at radius 1 is 1.15 bits per heavy atom. The maximum Gasteiger partial charge on any atom is 0.335 e. The Kier molecular flexibility index (Phi) is 5.36. The Labute approximate surface area is 152 Å². The topological polar surface area (TPSA) is 60.9 Å². The number of rotatable bonds is 5. The quantitative estimate of drug-likeness (QED) is 0.597. The number of carbonyl (C=O) groups is 3. The van der Waals surface area contributed by atoms with E-state index in [1.807, 2.05) is 6.92 Å². The summed E-state index contributed by atoms with van der Waals surface area (Å²) in [7, 11) is 1.72. The number of amides is 4. The van der Waals surface area contributed by atoms with Crippen molar-refractivity contribution >= 4 is 17.8 Å². The van der Waals surface area contributed by atoms with Gasteiger partial charge in [-0.2, -0.15) is 0 Å². The van der Waals surface area contributed by atoms with E-state index in [9.17, 15) is 18.8 Å². The molecule has 6 nitrogen and oxygen atoms in total. The Hall–Kier alpha value is -2.28. The Balaban J connectivity index is 1.69.